The van der Waals surface area contributed by atoms with E-state index >= 15 is 0 Å². The summed E-state index contributed by atoms with van der Waals surface area (Å²) in [4.78, 5) is 19.5. The van der Waals surface area contributed by atoms with Crippen LogP contribution in [-0.2, 0) is 14.6 Å². The van der Waals surface area contributed by atoms with E-state index in [0.717, 1.165) is 23.9 Å². The van der Waals surface area contributed by atoms with Crippen LogP contribution in [-0.4, -0.2) is 65.3 Å². The number of nitrogens with zero attached hydrogens (tertiary/aromatic N) is 3. The minimum Gasteiger partial charge on any atom is -0.341 e. The standard InChI is InChI=1S/C20H27N5O3S/c1-13(2)17(22-15-7-10-29(27,28)12-15)20(26)25-9-4-5-14(11-25)18-16-6-3-8-21-19(16)24-23-18/h3,6-8,10,13-15,17,22H,4-5,9,11-12H2,1-2H3,(H,21,23,24)/t14-,15+,17+/m1/s1. The van der Waals surface area contributed by atoms with E-state index in [1.54, 1.807) is 12.3 Å². The fourth-order valence-electron chi connectivity index (χ4n) is 4.25. The summed E-state index contributed by atoms with van der Waals surface area (Å²) in [5.74, 6) is 0.279. The molecule has 1 amide bonds. The Morgan fingerprint density at radius 3 is 2.93 bits per heavy atom. The number of pyridine rings is 1. The van der Waals surface area contributed by atoms with Crippen LogP contribution in [0.1, 0.15) is 38.3 Å². The van der Waals surface area contributed by atoms with E-state index in [2.05, 4.69) is 20.5 Å². The van der Waals surface area contributed by atoms with E-state index in [1.165, 1.54) is 5.41 Å². The monoisotopic (exact) mass is 417 g/mol. The minimum atomic E-state index is -3.16. The third-order valence-corrected chi connectivity index (χ3v) is 7.15. The van der Waals surface area contributed by atoms with Gasteiger partial charge in [-0.05, 0) is 30.9 Å². The van der Waals surface area contributed by atoms with Crippen molar-refractivity contribution < 1.29 is 13.2 Å². The summed E-state index contributed by atoms with van der Waals surface area (Å²) >= 11 is 0. The zero-order valence-corrected chi connectivity index (χ0v) is 17.5. The smallest absolute Gasteiger partial charge is 0.240 e. The molecule has 2 aromatic rings. The molecule has 2 N–H and O–H groups in total. The van der Waals surface area contributed by atoms with Crippen LogP contribution < -0.4 is 5.32 Å². The first-order valence-corrected chi connectivity index (χ1v) is 11.8. The van der Waals surface area contributed by atoms with Crippen LogP contribution in [0.2, 0.25) is 0 Å². The van der Waals surface area contributed by atoms with Crippen molar-refractivity contribution in [3.63, 3.8) is 0 Å². The van der Waals surface area contributed by atoms with Crippen molar-refractivity contribution in [2.75, 3.05) is 18.8 Å². The van der Waals surface area contributed by atoms with Crippen LogP contribution in [0, 0.1) is 5.92 Å². The van der Waals surface area contributed by atoms with E-state index in [0.29, 0.717) is 18.7 Å². The second-order valence-corrected chi connectivity index (χ2v) is 10.2. The van der Waals surface area contributed by atoms with Gasteiger partial charge in [0.1, 0.15) is 0 Å². The van der Waals surface area contributed by atoms with Gasteiger partial charge in [-0.1, -0.05) is 19.9 Å². The molecule has 3 atom stereocenters. The molecule has 4 heterocycles. The number of hydrogen-bond acceptors (Lipinski definition) is 6. The number of fused-ring (bicyclic) bond motifs is 1. The van der Waals surface area contributed by atoms with Gasteiger partial charge in [0.25, 0.3) is 0 Å². The Bertz CT molecular complexity index is 1030. The van der Waals surface area contributed by atoms with Gasteiger partial charge in [0.2, 0.25) is 5.91 Å². The molecule has 9 heteroatoms. The van der Waals surface area contributed by atoms with E-state index in [9.17, 15) is 13.2 Å². The Morgan fingerprint density at radius 1 is 1.38 bits per heavy atom. The molecule has 0 bridgehead atoms. The second-order valence-electron chi connectivity index (χ2n) is 8.29. The molecule has 2 aliphatic rings. The predicted molar refractivity (Wildman–Crippen MR) is 111 cm³/mol. The third kappa shape index (κ3) is 4.20. The normalized spacial score (nSPS) is 25.0. The quantitative estimate of drug-likeness (QED) is 0.765. The molecular weight excluding hydrogens is 390 g/mol. The maximum absolute atomic E-state index is 13.3. The Hall–Kier alpha value is -2.26. The largest absolute Gasteiger partial charge is 0.341 e. The molecule has 0 aliphatic carbocycles. The average molecular weight is 418 g/mol. The zero-order chi connectivity index (χ0) is 20.6. The molecule has 4 rings (SSSR count). The lowest BCUT2D eigenvalue weighted by Gasteiger charge is -2.36. The van der Waals surface area contributed by atoms with Crippen LogP contribution in [0.25, 0.3) is 11.0 Å². The summed E-state index contributed by atoms with van der Waals surface area (Å²) in [5.41, 5.74) is 1.73. The second kappa shape index (κ2) is 7.87. The number of piperidine rings is 1. The highest BCUT2D eigenvalue weighted by molar-refractivity contribution is 7.94. The molecular formula is C20H27N5O3S. The molecule has 8 nitrogen and oxygen atoms in total. The Balaban J connectivity index is 1.49. The summed E-state index contributed by atoms with van der Waals surface area (Å²) in [6, 6.07) is 3.17. The van der Waals surface area contributed by atoms with Crippen LogP contribution in [0.3, 0.4) is 0 Å². The molecule has 0 saturated carbocycles. The lowest BCUT2D eigenvalue weighted by molar-refractivity contribution is -0.136. The summed E-state index contributed by atoms with van der Waals surface area (Å²) in [5, 5.41) is 12.9. The zero-order valence-electron chi connectivity index (χ0n) is 16.7. The van der Waals surface area contributed by atoms with E-state index in [4.69, 9.17) is 0 Å². The topological polar surface area (TPSA) is 108 Å². The van der Waals surface area contributed by atoms with Gasteiger partial charge in [-0.3, -0.25) is 15.2 Å². The third-order valence-electron chi connectivity index (χ3n) is 5.76. The van der Waals surface area contributed by atoms with Gasteiger partial charge in [0, 0.05) is 47.7 Å². The number of carbonyl (C=O) groups excluding carboxylic acids is 1. The SMILES string of the molecule is CC(C)[C@H](N[C@H]1C=CS(=O)(=O)C1)C(=O)N1CCC[C@@H](c2[nH]nc3ncccc23)C1. The van der Waals surface area contributed by atoms with Crippen molar-refractivity contribution in [3.8, 4) is 0 Å². The van der Waals surface area contributed by atoms with Gasteiger partial charge in [0.05, 0.1) is 11.8 Å². The molecule has 0 aromatic carbocycles. The number of hydrogen-bond donors (Lipinski definition) is 2. The molecule has 0 unspecified atom stereocenters. The first-order chi connectivity index (χ1) is 13.8. The van der Waals surface area contributed by atoms with Gasteiger partial charge in [-0.2, -0.15) is 5.10 Å². The first-order valence-electron chi connectivity index (χ1n) is 10.1. The van der Waals surface area contributed by atoms with E-state index in [-0.39, 0.29) is 29.5 Å². The van der Waals surface area contributed by atoms with Gasteiger partial charge in [-0.25, -0.2) is 13.4 Å². The number of amides is 1. The highest BCUT2D eigenvalue weighted by Crippen LogP contribution is 2.30. The Kier molecular flexibility index (Phi) is 5.44. The first kappa shape index (κ1) is 20.0. The fraction of sp³-hybridized carbons (Fsp3) is 0.550. The summed E-state index contributed by atoms with van der Waals surface area (Å²) in [6.07, 6.45) is 5.26. The van der Waals surface area contributed by atoms with Crippen molar-refractivity contribution in [1.29, 1.82) is 0 Å². The lowest BCUT2D eigenvalue weighted by atomic mass is 9.92. The number of aromatic nitrogens is 3. The van der Waals surface area contributed by atoms with Crippen LogP contribution in [0.4, 0.5) is 0 Å². The molecule has 0 radical (unpaired) electrons. The lowest BCUT2D eigenvalue weighted by Crippen LogP contribution is -2.54. The number of nitrogens with one attached hydrogen (secondary N) is 2. The van der Waals surface area contributed by atoms with E-state index in [1.807, 2.05) is 30.9 Å². The number of likely N-dealkylation sites (tertiary alicyclic amines) is 1. The number of rotatable bonds is 5. The molecule has 0 spiro atoms. The molecule has 2 aromatic heterocycles. The van der Waals surface area contributed by atoms with Gasteiger partial charge >= 0.3 is 0 Å². The van der Waals surface area contributed by atoms with Crippen LogP contribution >= 0.6 is 0 Å². The number of sulfone groups is 1. The minimum absolute atomic E-state index is 0.0132. The van der Waals surface area contributed by atoms with Crippen molar-refractivity contribution in [3.05, 3.63) is 35.5 Å². The van der Waals surface area contributed by atoms with Crippen molar-refractivity contribution in [2.24, 2.45) is 5.92 Å². The van der Waals surface area contributed by atoms with Crippen molar-refractivity contribution in [2.45, 2.75) is 44.7 Å². The average Bonchev–Trinajstić information content (AvgIpc) is 3.28. The summed E-state index contributed by atoms with van der Waals surface area (Å²) in [7, 11) is -3.16. The Morgan fingerprint density at radius 2 is 2.21 bits per heavy atom. The Labute approximate surface area is 170 Å². The highest BCUT2D eigenvalue weighted by atomic mass is 32.2. The number of H-pyrrole nitrogens is 1. The van der Waals surface area contributed by atoms with Crippen molar-refractivity contribution >= 4 is 26.8 Å². The van der Waals surface area contributed by atoms with Crippen LogP contribution in [0.15, 0.2) is 29.8 Å². The molecule has 156 valence electrons. The highest BCUT2D eigenvalue weighted by Gasteiger charge is 2.34. The van der Waals surface area contributed by atoms with Gasteiger partial charge < -0.3 is 4.90 Å². The molecule has 1 saturated heterocycles. The number of aromatic amines is 1. The fourth-order valence-corrected chi connectivity index (χ4v) is 5.50. The molecule has 29 heavy (non-hydrogen) atoms. The molecule has 2 aliphatic heterocycles. The van der Waals surface area contributed by atoms with E-state index < -0.39 is 15.9 Å². The van der Waals surface area contributed by atoms with Crippen LogP contribution in [0.5, 0.6) is 0 Å². The maximum Gasteiger partial charge on any atom is 0.240 e. The van der Waals surface area contributed by atoms with Gasteiger partial charge in [0.15, 0.2) is 15.5 Å². The number of carbonyl (C=O) groups is 1. The van der Waals surface area contributed by atoms with Crippen molar-refractivity contribution in [1.82, 2.24) is 25.4 Å². The predicted octanol–water partition coefficient (Wildman–Crippen LogP) is 1.59. The summed E-state index contributed by atoms with van der Waals surface area (Å²) in [6.45, 7) is 5.30. The maximum atomic E-state index is 13.3. The summed E-state index contributed by atoms with van der Waals surface area (Å²) < 4.78 is 23.4. The molecule has 1 fully saturated rings. The van der Waals surface area contributed by atoms with Gasteiger partial charge in [-0.15, -0.1) is 0 Å².